The van der Waals surface area contributed by atoms with Crippen LogP contribution in [0.15, 0.2) is 0 Å². The lowest BCUT2D eigenvalue weighted by atomic mass is 9.88. The van der Waals surface area contributed by atoms with Crippen LogP contribution < -0.4 is 11.1 Å². The smallest absolute Gasteiger partial charge is 0.0303 e. The monoisotopic (exact) mass is 226 g/mol. The summed E-state index contributed by atoms with van der Waals surface area (Å²) >= 11 is 0. The molecule has 1 fully saturated rings. The number of hydrogen-bond acceptors (Lipinski definition) is 2. The van der Waals surface area contributed by atoms with Crippen LogP contribution in [0.2, 0.25) is 0 Å². The van der Waals surface area contributed by atoms with Gasteiger partial charge in [0.15, 0.2) is 0 Å². The van der Waals surface area contributed by atoms with E-state index in [-0.39, 0.29) is 5.54 Å². The number of nitrogens with one attached hydrogen (secondary N) is 1. The van der Waals surface area contributed by atoms with Gasteiger partial charge in [-0.05, 0) is 38.0 Å². The van der Waals surface area contributed by atoms with Crippen molar-refractivity contribution in [3.05, 3.63) is 0 Å². The molecule has 0 heterocycles. The molecule has 1 rings (SSSR count). The predicted octanol–water partition coefficient (Wildman–Crippen LogP) is 3.06. The minimum Gasteiger partial charge on any atom is -0.329 e. The van der Waals surface area contributed by atoms with Crippen LogP contribution in [-0.2, 0) is 0 Å². The van der Waals surface area contributed by atoms with E-state index < -0.39 is 0 Å². The second-order valence-electron chi connectivity index (χ2n) is 5.70. The van der Waals surface area contributed by atoms with Crippen molar-refractivity contribution in [3.8, 4) is 0 Å². The Labute approximate surface area is 101 Å². The van der Waals surface area contributed by atoms with Crippen molar-refractivity contribution in [2.45, 2.75) is 77.3 Å². The largest absolute Gasteiger partial charge is 0.329 e. The lowest BCUT2D eigenvalue weighted by Crippen LogP contribution is -2.54. The highest BCUT2D eigenvalue weighted by Crippen LogP contribution is 2.28. The number of rotatable bonds is 7. The Bertz CT molecular complexity index is 187. The highest BCUT2D eigenvalue weighted by Gasteiger charge is 2.31. The molecule has 0 aromatic carbocycles. The average molecular weight is 226 g/mol. The summed E-state index contributed by atoms with van der Waals surface area (Å²) in [7, 11) is 0. The summed E-state index contributed by atoms with van der Waals surface area (Å²) in [6.07, 6.45) is 9.03. The molecule has 1 saturated carbocycles. The van der Waals surface area contributed by atoms with Gasteiger partial charge in [0.1, 0.15) is 0 Å². The topological polar surface area (TPSA) is 38.0 Å². The van der Waals surface area contributed by atoms with E-state index in [1.54, 1.807) is 0 Å². The van der Waals surface area contributed by atoms with Crippen molar-refractivity contribution in [1.82, 2.24) is 5.32 Å². The molecule has 0 aromatic rings. The van der Waals surface area contributed by atoms with Crippen LogP contribution >= 0.6 is 0 Å². The maximum absolute atomic E-state index is 6.01. The summed E-state index contributed by atoms with van der Waals surface area (Å²) in [5, 5.41) is 3.87. The molecule has 0 aromatic heterocycles. The van der Waals surface area contributed by atoms with Gasteiger partial charge in [-0.1, -0.05) is 33.6 Å². The summed E-state index contributed by atoms with van der Waals surface area (Å²) in [6.45, 7) is 7.68. The van der Waals surface area contributed by atoms with Gasteiger partial charge in [-0.3, -0.25) is 0 Å². The number of hydrogen-bond donors (Lipinski definition) is 2. The van der Waals surface area contributed by atoms with Gasteiger partial charge in [-0.25, -0.2) is 0 Å². The molecule has 1 aliphatic carbocycles. The van der Waals surface area contributed by atoms with Crippen LogP contribution in [0.3, 0.4) is 0 Å². The van der Waals surface area contributed by atoms with Gasteiger partial charge in [0.05, 0.1) is 0 Å². The normalized spacial score (nSPS) is 29.2. The van der Waals surface area contributed by atoms with Gasteiger partial charge in [0.25, 0.3) is 0 Å². The maximum atomic E-state index is 6.01. The van der Waals surface area contributed by atoms with Gasteiger partial charge < -0.3 is 11.1 Å². The van der Waals surface area contributed by atoms with E-state index in [1.807, 2.05) is 0 Å². The van der Waals surface area contributed by atoms with Crippen LogP contribution in [0.5, 0.6) is 0 Å². The van der Waals surface area contributed by atoms with Gasteiger partial charge in [-0.2, -0.15) is 0 Å². The Hall–Kier alpha value is -0.0800. The van der Waals surface area contributed by atoms with E-state index >= 15 is 0 Å². The van der Waals surface area contributed by atoms with Crippen LogP contribution in [0.1, 0.15) is 65.7 Å². The highest BCUT2D eigenvalue weighted by atomic mass is 15.0. The molecule has 0 aliphatic heterocycles. The van der Waals surface area contributed by atoms with E-state index in [1.165, 1.54) is 38.5 Å². The zero-order valence-corrected chi connectivity index (χ0v) is 11.4. The van der Waals surface area contributed by atoms with Gasteiger partial charge in [-0.15, -0.1) is 0 Å². The minimum absolute atomic E-state index is 0.213. The molecule has 96 valence electrons. The number of unbranched alkanes of at least 4 members (excludes halogenated alkanes) is 1. The average Bonchev–Trinajstić information content (AvgIpc) is 2.70. The van der Waals surface area contributed by atoms with Gasteiger partial charge in [0, 0.05) is 18.1 Å². The maximum Gasteiger partial charge on any atom is 0.0303 e. The fraction of sp³-hybridized carbons (Fsp3) is 1.00. The summed E-state index contributed by atoms with van der Waals surface area (Å²) in [5.74, 6) is 0.899. The first-order valence-corrected chi connectivity index (χ1v) is 7.13. The summed E-state index contributed by atoms with van der Waals surface area (Å²) < 4.78 is 0. The first-order valence-electron chi connectivity index (χ1n) is 7.13. The Kier molecular flexibility index (Phi) is 5.77. The van der Waals surface area contributed by atoms with Crippen LogP contribution in [0.4, 0.5) is 0 Å². The molecule has 3 atom stereocenters. The fourth-order valence-electron chi connectivity index (χ4n) is 2.94. The third kappa shape index (κ3) is 3.74. The second-order valence-corrected chi connectivity index (χ2v) is 5.70. The SMILES string of the molecule is CCCCC(CC)(CN)NC1CCC(C)C1. The van der Waals surface area contributed by atoms with Crippen LogP contribution in [-0.4, -0.2) is 18.1 Å². The molecule has 0 radical (unpaired) electrons. The van der Waals surface area contributed by atoms with E-state index in [0.29, 0.717) is 0 Å². The lowest BCUT2D eigenvalue weighted by molar-refractivity contribution is 0.255. The van der Waals surface area contributed by atoms with Crippen LogP contribution in [0, 0.1) is 5.92 Å². The van der Waals surface area contributed by atoms with Crippen LogP contribution in [0.25, 0.3) is 0 Å². The molecule has 0 saturated heterocycles. The minimum atomic E-state index is 0.213. The molecule has 0 spiro atoms. The predicted molar refractivity (Wildman–Crippen MR) is 71.5 cm³/mol. The second kappa shape index (κ2) is 6.61. The molecule has 3 unspecified atom stereocenters. The van der Waals surface area contributed by atoms with Crippen molar-refractivity contribution in [1.29, 1.82) is 0 Å². The molecular formula is C14H30N2. The zero-order chi connectivity index (χ0) is 12.0. The Morgan fingerprint density at radius 2 is 2.06 bits per heavy atom. The van der Waals surface area contributed by atoms with Gasteiger partial charge in [0.2, 0.25) is 0 Å². The first kappa shape index (κ1) is 14.0. The molecule has 16 heavy (non-hydrogen) atoms. The standard InChI is InChI=1S/C14H30N2/c1-4-6-9-14(5-2,11-15)16-13-8-7-12(3)10-13/h12-13,16H,4-11,15H2,1-3H3. The third-order valence-corrected chi connectivity index (χ3v) is 4.28. The molecular weight excluding hydrogens is 196 g/mol. The van der Waals surface area contributed by atoms with E-state index in [9.17, 15) is 0 Å². The zero-order valence-electron chi connectivity index (χ0n) is 11.4. The molecule has 2 heteroatoms. The molecule has 2 nitrogen and oxygen atoms in total. The molecule has 1 aliphatic rings. The lowest BCUT2D eigenvalue weighted by Gasteiger charge is -2.36. The summed E-state index contributed by atoms with van der Waals surface area (Å²) in [4.78, 5) is 0. The fourth-order valence-corrected chi connectivity index (χ4v) is 2.94. The summed E-state index contributed by atoms with van der Waals surface area (Å²) in [6, 6.07) is 0.718. The Morgan fingerprint density at radius 3 is 2.50 bits per heavy atom. The highest BCUT2D eigenvalue weighted by molar-refractivity contribution is 4.93. The summed E-state index contributed by atoms with van der Waals surface area (Å²) in [5.41, 5.74) is 6.22. The van der Waals surface area contributed by atoms with E-state index in [2.05, 4.69) is 26.1 Å². The van der Waals surface area contributed by atoms with Crippen molar-refractivity contribution < 1.29 is 0 Å². The Morgan fingerprint density at radius 1 is 1.31 bits per heavy atom. The van der Waals surface area contributed by atoms with Crippen molar-refractivity contribution in [2.75, 3.05) is 6.54 Å². The Balaban J connectivity index is 2.48. The molecule has 0 amide bonds. The first-order chi connectivity index (χ1) is 7.65. The molecule has 3 N–H and O–H groups in total. The van der Waals surface area contributed by atoms with Crippen molar-refractivity contribution in [2.24, 2.45) is 11.7 Å². The van der Waals surface area contributed by atoms with Crippen molar-refractivity contribution in [3.63, 3.8) is 0 Å². The number of nitrogens with two attached hydrogens (primary N) is 1. The third-order valence-electron chi connectivity index (χ3n) is 4.28. The van der Waals surface area contributed by atoms with Crippen molar-refractivity contribution >= 4 is 0 Å². The quantitative estimate of drug-likeness (QED) is 0.700. The van der Waals surface area contributed by atoms with Gasteiger partial charge >= 0.3 is 0 Å². The van der Waals surface area contributed by atoms with E-state index in [4.69, 9.17) is 5.73 Å². The van der Waals surface area contributed by atoms with E-state index in [0.717, 1.165) is 24.9 Å². The molecule has 0 bridgehead atoms.